The van der Waals surface area contributed by atoms with E-state index in [-0.39, 0.29) is 44.3 Å². The second-order valence-electron chi connectivity index (χ2n) is 7.02. The third kappa shape index (κ3) is 4.25. The fraction of sp³-hybridized carbons (Fsp3) is 0.263. The summed E-state index contributed by atoms with van der Waals surface area (Å²) in [6.07, 6.45) is -3.13. The number of anilines is 1. The Hall–Kier alpha value is -2.84. The van der Waals surface area contributed by atoms with Gasteiger partial charge in [0.15, 0.2) is 17.3 Å². The van der Waals surface area contributed by atoms with Crippen LogP contribution in [0.5, 0.6) is 17.2 Å². The van der Waals surface area contributed by atoms with Crippen molar-refractivity contribution in [3.8, 4) is 17.2 Å². The zero-order chi connectivity index (χ0) is 24.1. The number of halogens is 1. The first kappa shape index (κ1) is 23.3. The minimum absolute atomic E-state index is 0.00578. The van der Waals surface area contributed by atoms with Crippen LogP contribution in [0, 0.1) is 13.8 Å². The predicted molar refractivity (Wildman–Crippen MR) is 116 cm³/mol. The van der Waals surface area contributed by atoms with Gasteiger partial charge in [0, 0.05) is 12.0 Å². The summed E-state index contributed by atoms with van der Waals surface area (Å²) in [5.74, 6) is -0.792. The van der Waals surface area contributed by atoms with Crippen molar-refractivity contribution in [1.29, 1.82) is 0 Å². The fourth-order valence-corrected chi connectivity index (χ4v) is 5.79. The Morgan fingerprint density at radius 1 is 1.33 bits per heavy atom. The van der Waals surface area contributed by atoms with E-state index in [1.807, 2.05) is 0 Å². The molecule has 1 aromatic carbocycles. The molecule has 0 atom stereocenters. The van der Waals surface area contributed by atoms with Crippen LogP contribution >= 0.6 is 22.9 Å². The third-order valence-corrected chi connectivity index (χ3v) is 7.64. The zero-order valence-electron chi connectivity index (χ0n) is 17.3. The average Bonchev–Trinajstić information content (AvgIpc) is 3.42. The second kappa shape index (κ2) is 8.18. The number of nitrogens with one attached hydrogen (secondary N) is 1. The summed E-state index contributed by atoms with van der Waals surface area (Å²) < 4.78 is 48.1. The quantitative estimate of drug-likeness (QED) is 0.315. The molecule has 176 valence electrons. The number of sulfonamides is 1. The molecule has 0 saturated heterocycles. The van der Waals surface area contributed by atoms with E-state index >= 15 is 0 Å². The maximum absolute atomic E-state index is 13.1. The highest BCUT2D eigenvalue weighted by atomic mass is 35.5. The van der Waals surface area contributed by atoms with Gasteiger partial charge in [0.1, 0.15) is 15.6 Å². The number of benzene rings is 1. The number of ether oxygens (including phenoxy) is 3. The van der Waals surface area contributed by atoms with Crippen molar-refractivity contribution in [3.63, 3.8) is 0 Å². The molecule has 1 aliphatic heterocycles. The van der Waals surface area contributed by atoms with Crippen molar-refractivity contribution < 1.29 is 42.2 Å². The topological polar surface area (TPSA) is 157 Å². The van der Waals surface area contributed by atoms with Crippen molar-refractivity contribution in [2.24, 2.45) is 0 Å². The van der Waals surface area contributed by atoms with E-state index in [2.05, 4.69) is 9.88 Å². The Morgan fingerprint density at radius 3 is 2.70 bits per heavy atom. The molecule has 0 radical (unpaired) electrons. The van der Waals surface area contributed by atoms with Gasteiger partial charge in [0.05, 0.1) is 12.0 Å². The molecule has 0 unspecified atom stereocenters. The molecule has 14 heteroatoms. The maximum Gasteiger partial charge on any atom is 0.505 e. The Balaban J connectivity index is 1.66. The highest BCUT2D eigenvalue weighted by Gasteiger charge is 2.41. The fourth-order valence-electron chi connectivity index (χ4n) is 3.23. The molecule has 0 aliphatic carbocycles. The van der Waals surface area contributed by atoms with Crippen LogP contribution in [0.2, 0.25) is 5.02 Å². The number of aromatic nitrogens is 1. The molecule has 0 amide bonds. The van der Waals surface area contributed by atoms with Crippen LogP contribution in [0.25, 0.3) is 0 Å². The third-order valence-electron chi connectivity index (χ3n) is 4.74. The van der Waals surface area contributed by atoms with Crippen molar-refractivity contribution >= 4 is 44.6 Å². The number of hydrogen-bond acceptors (Lipinski definition) is 11. The van der Waals surface area contributed by atoms with Gasteiger partial charge in [0.2, 0.25) is 5.75 Å². The molecule has 11 nitrogen and oxygen atoms in total. The minimum atomic E-state index is -4.22. The first-order chi connectivity index (χ1) is 15.4. The van der Waals surface area contributed by atoms with Gasteiger partial charge in [-0.25, -0.2) is 13.1 Å². The number of methoxy groups -OCH3 is 1. The monoisotopic (exact) mass is 516 g/mol. The lowest BCUT2D eigenvalue weighted by molar-refractivity contribution is -0.385. The van der Waals surface area contributed by atoms with E-state index < -0.39 is 22.0 Å². The summed E-state index contributed by atoms with van der Waals surface area (Å²) in [6, 6.07) is 2.74. The van der Waals surface area contributed by atoms with E-state index in [9.17, 15) is 23.4 Å². The number of hydrogen-bond donors (Lipinski definition) is 3. The first-order valence-electron chi connectivity index (χ1n) is 9.22. The van der Waals surface area contributed by atoms with Gasteiger partial charge >= 0.3 is 6.16 Å². The first-order valence-corrected chi connectivity index (χ1v) is 12.0. The van der Waals surface area contributed by atoms with Crippen LogP contribution in [0.4, 0.5) is 5.88 Å². The lowest BCUT2D eigenvalue weighted by atomic mass is 10.00. The smallest absolute Gasteiger partial charge is 0.492 e. The van der Waals surface area contributed by atoms with E-state index in [1.54, 1.807) is 13.8 Å². The standard InChI is InChI=1S/C19H17ClN2O9S2/c1-8-6-12-16(30-19(24,25)29-12)15(28-3)10(8)7-11(23)17-13(4-5-32-17)33(26,27)22-18-14(20)9(2)21-31-18/h4-6,22,24-25H,7H2,1-3H3. The number of aryl methyl sites for hydroxylation is 2. The highest BCUT2D eigenvalue weighted by molar-refractivity contribution is 7.93. The van der Waals surface area contributed by atoms with Gasteiger partial charge in [-0.05, 0) is 36.9 Å². The Morgan fingerprint density at radius 2 is 2.06 bits per heavy atom. The van der Waals surface area contributed by atoms with E-state index in [0.717, 1.165) is 11.3 Å². The van der Waals surface area contributed by atoms with Gasteiger partial charge < -0.3 is 18.7 Å². The van der Waals surface area contributed by atoms with Crippen molar-refractivity contribution in [2.45, 2.75) is 31.3 Å². The minimum Gasteiger partial charge on any atom is -0.492 e. The van der Waals surface area contributed by atoms with Crippen LogP contribution in [0.3, 0.4) is 0 Å². The number of carbonyl (C=O) groups is 1. The van der Waals surface area contributed by atoms with Crippen molar-refractivity contribution in [1.82, 2.24) is 5.16 Å². The molecule has 0 saturated carbocycles. The summed E-state index contributed by atoms with van der Waals surface area (Å²) in [4.78, 5) is 12.8. The number of carbonyl (C=O) groups excluding carboxylic acids is 1. The summed E-state index contributed by atoms with van der Waals surface area (Å²) in [7, 11) is -2.90. The van der Waals surface area contributed by atoms with E-state index in [0.29, 0.717) is 16.8 Å². The molecule has 0 bridgehead atoms. The SMILES string of the molecule is COc1c(CC(=O)c2sccc2S(=O)(=O)Nc2onc(C)c2Cl)c(C)cc2c1OC(O)(O)O2. The molecule has 3 heterocycles. The Kier molecular flexibility index (Phi) is 5.78. The number of thiophene rings is 1. The zero-order valence-corrected chi connectivity index (χ0v) is 19.7. The molecule has 33 heavy (non-hydrogen) atoms. The molecular formula is C19H17ClN2O9S2. The van der Waals surface area contributed by atoms with Crippen LogP contribution in [0.1, 0.15) is 26.5 Å². The molecule has 2 aromatic heterocycles. The molecule has 1 aliphatic rings. The Bertz CT molecular complexity index is 1360. The van der Waals surface area contributed by atoms with Gasteiger partial charge in [-0.3, -0.25) is 15.0 Å². The summed E-state index contributed by atoms with van der Waals surface area (Å²) in [5.41, 5.74) is 1.19. The molecule has 0 spiro atoms. The maximum atomic E-state index is 13.1. The lowest BCUT2D eigenvalue weighted by Crippen LogP contribution is -2.37. The van der Waals surface area contributed by atoms with Crippen molar-refractivity contribution in [3.05, 3.63) is 44.2 Å². The lowest BCUT2D eigenvalue weighted by Gasteiger charge is -2.14. The molecule has 4 rings (SSSR count). The largest absolute Gasteiger partial charge is 0.505 e. The highest BCUT2D eigenvalue weighted by Crippen LogP contribution is 2.48. The summed E-state index contributed by atoms with van der Waals surface area (Å²) >= 11 is 6.93. The number of aliphatic hydroxyl groups is 2. The number of nitrogens with zero attached hydrogens (tertiary/aromatic N) is 1. The molecule has 3 aromatic rings. The number of fused-ring (bicyclic) bond motifs is 1. The van der Waals surface area contributed by atoms with Gasteiger partial charge in [-0.2, -0.15) is 0 Å². The number of rotatable bonds is 7. The van der Waals surface area contributed by atoms with Gasteiger partial charge in [0.25, 0.3) is 15.9 Å². The van der Waals surface area contributed by atoms with Crippen LogP contribution < -0.4 is 18.9 Å². The van der Waals surface area contributed by atoms with Crippen LogP contribution in [0.15, 0.2) is 26.9 Å². The molecule has 0 fully saturated rings. The van der Waals surface area contributed by atoms with Crippen LogP contribution in [-0.4, -0.2) is 42.8 Å². The molecule has 3 N–H and O–H groups in total. The number of Topliss-reactive ketones (excluding diaryl/α,β-unsaturated/α-hetero) is 1. The van der Waals surface area contributed by atoms with Gasteiger partial charge in [-0.1, -0.05) is 16.8 Å². The summed E-state index contributed by atoms with van der Waals surface area (Å²) in [5, 5.41) is 24.3. The van der Waals surface area contributed by atoms with Crippen LogP contribution in [-0.2, 0) is 16.4 Å². The number of ketones is 1. The molecular weight excluding hydrogens is 500 g/mol. The average molecular weight is 517 g/mol. The Labute approximate surface area is 196 Å². The van der Waals surface area contributed by atoms with Crippen molar-refractivity contribution in [2.75, 3.05) is 11.8 Å². The normalized spacial score (nSPS) is 14.4. The summed E-state index contributed by atoms with van der Waals surface area (Å²) in [6.45, 7) is 3.20. The van der Waals surface area contributed by atoms with E-state index in [1.165, 1.54) is 24.6 Å². The van der Waals surface area contributed by atoms with E-state index in [4.69, 9.17) is 30.3 Å². The second-order valence-corrected chi connectivity index (χ2v) is 9.96. The van der Waals surface area contributed by atoms with Gasteiger partial charge in [-0.15, -0.1) is 11.3 Å². The predicted octanol–water partition coefficient (Wildman–Crippen LogP) is 2.61.